The van der Waals surface area contributed by atoms with E-state index >= 15 is 0 Å². The number of carbonyl (C=O) groups is 1. The lowest BCUT2D eigenvalue weighted by Crippen LogP contribution is -2.42. The highest BCUT2D eigenvalue weighted by atomic mass is 16.1. The summed E-state index contributed by atoms with van der Waals surface area (Å²) in [6.45, 7) is 2.05. The van der Waals surface area contributed by atoms with Crippen LogP contribution in [-0.4, -0.2) is 25.0 Å². The summed E-state index contributed by atoms with van der Waals surface area (Å²) in [6.07, 6.45) is 4.68. The molecular weight excluding hydrogens is 224 g/mol. The largest absolute Gasteiger partial charge is 0.353 e. The first-order valence-electron chi connectivity index (χ1n) is 6.88. The molecule has 1 aromatic rings. The number of piperidine rings is 1. The van der Waals surface area contributed by atoms with Crippen molar-refractivity contribution >= 4 is 5.91 Å². The van der Waals surface area contributed by atoms with Gasteiger partial charge in [-0.15, -0.1) is 0 Å². The summed E-state index contributed by atoms with van der Waals surface area (Å²) in [4.78, 5) is 11.8. The normalized spacial score (nSPS) is 16.4. The zero-order chi connectivity index (χ0) is 12.6. The average Bonchev–Trinajstić information content (AvgIpc) is 2.41. The summed E-state index contributed by atoms with van der Waals surface area (Å²) in [7, 11) is 0. The molecule has 98 valence electrons. The minimum absolute atomic E-state index is 0.206. The zero-order valence-corrected chi connectivity index (χ0v) is 10.8. The van der Waals surface area contributed by atoms with E-state index in [4.69, 9.17) is 0 Å². The molecule has 1 saturated heterocycles. The summed E-state index contributed by atoms with van der Waals surface area (Å²) in [6, 6.07) is 10.7. The van der Waals surface area contributed by atoms with Gasteiger partial charge in [0.1, 0.15) is 0 Å². The Bertz CT molecular complexity index is 358. The van der Waals surface area contributed by atoms with Gasteiger partial charge in [0.25, 0.3) is 0 Å². The fraction of sp³-hybridized carbons (Fsp3) is 0.533. The number of benzene rings is 1. The van der Waals surface area contributed by atoms with Crippen molar-refractivity contribution < 1.29 is 4.79 Å². The minimum atomic E-state index is 0.206. The standard InChI is InChI=1S/C15H22N2O/c18-15(17-14-9-11-16-12-10-14)8-4-7-13-5-2-1-3-6-13/h1-3,5-6,14,16H,4,7-12H2,(H,17,18). The van der Waals surface area contributed by atoms with E-state index in [0.29, 0.717) is 12.5 Å². The molecular formula is C15H22N2O. The van der Waals surface area contributed by atoms with Crippen molar-refractivity contribution in [1.82, 2.24) is 10.6 Å². The van der Waals surface area contributed by atoms with Crippen molar-refractivity contribution in [1.29, 1.82) is 0 Å². The van der Waals surface area contributed by atoms with Crippen LogP contribution >= 0.6 is 0 Å². The summed E-state index contributed by atoms with van der Waals surface area (Å²) in [5.41, 5.74) is 1.31. The molecule has 1 fully saturated rings. The summed E-state index contributed by atoms with van der Waals surface area (Å²) < 4.78 is 0. The lowest BCUT2D eigenvalue weighted by molar-refractivity contribution is -0.122. The van der Waals surface area contributed by atoms with Gasteiger partial charge in [-0.25, -0.2) is 0 Å². The fourth-order valence-electron chi connectivity index (χ4n) is 2.36. The number of nitrogens with one attached hydrogen (secondary N) is 2. The van der Waals surface area contributed by atoms with Crippen LogP contribution in [0.2, 0.25) is 0 Å². The summed E-state index contributed by atoms with van der Waals surface area (Å²) in [5.74, 6) is 0.206. The molecule has 1 aromatic carbocycles. The zero-order valence-electron chi connectivity index (χ0n) is 10.8. The lowest BCUT2D eigenvalue weighted by Gasteiger charge is -2.23. The van der Waals surface area contributed by atoms with E-state index in [1.165, 1.54) is 5.56 Å². The van der Waals surface area contributed by atoms with E-state index in [-0.39, 0.29) is 5.91 Å². The monoisotopic (exact) mass is 246 g/mol. The molecule has 0 radical (unpaired) electrons. The number of hydrogen-bond donors (Lipinski definition) is 2. The molecule has 1 aliphatic heterocycles. The van der Waals surface area contributed by atoms with Crippen molar-refractivity contribution in [3.05, 3.63) is 35.9 Å². The van der Waals surface area contributed by atoms with Crippen molar-refractivity contribution in [3.63, 3.8) is 0 Å². The van der Waals surface area contributed by atoms with E-state index in [9.17, 15) is 4.79 Å². The van der Waals surface area contributed by atoms with Crippen LogP contribution in [0.3, 0.4) is 0 Å². The predicted octanol–water partition coefficient (Wildman–Crippen LogP) is 1.88. The second kappa shape index (κ2) is 7.17. The number of aryl methyl sites for hydroxylation is 1. The Morgan fingerprint density at radius 2 is 1.94 bits per heavy atom. The van der Waals surface area contributed by atoms with E-state index in [0.717, 1.165) is 38.8 Å². The van der Waals surface area contributed by atoms with Gasteiger partial charge in [0.05, 0.1) is 0 Å². The van der Waals surface area contributed by atoms with Crippen molar-refractivity contribution in [2.75, 3.05) is 13.1 Å². The molecule has 1 amide bonds. The highest BCUT2D eigenvalue weighted by Gasteiger charge is 2.14. The molecule has 18 heavy (non-hydrogen) atoms. The van der Waals surface area contributed by atoms with Gasteiger partial charge in [0.15, 0.2) is 0 Å². The van der Waals surface area contributed by atoms with Crippen molar-refractivity contribution in [2.24, 2.45) is 0 Å². The molecule has 2 rings (SSSR count). The Balaban J connectivity index is 1.62. The van der Waals surface area contributed by atoms with Crippen LogP contribution in [0.4, 0.5) is 0 Å². The van der Waals surface area contributed by atoms with Crippen LogP contribution in [0.25, 0.3) is 0 Å². The van der Waals surface area contributed by atoms with Crippen LogP contribution in [-0.2, 0) is 11.2 Å². The highest BCUT2D eigenvalue weighted by molar-refractivity contribution is 5.76. The fourth-order valence-corrected chi connectivity index (χ4v) is 2.36. The second-order valence-corrected chi connectivity index (χ2v) is 4.93. The summed E-state index contributed by atoms with van der Waals surface area (Å²) >= 11 is 0. The Kier molecular flexibility index (Phi) is 5.21. The molecule has 0 unspecified atom stereocenters. The van der Waals surface area contributed by atoms with Crippen molar-refractivity contribution in [2.45, 2.75) is 38.1 Å². The van der Waals surface area contributed by atoms with Crippen molar-refractivity contribution in [3.8, 4) is 0 Å². The topological polar surface area (TPSA) is 41.1 Å². The molecule has 0 atom stereocenters. The SMILES string of the molecule is O=C(CCCc1ccccc1)NC1CCNCC1. The van der Waals surface area contributed by atoms with E-state index < -0.39 is 0 Å². The molecule has 0 aliphatic carbocycles. The molecule has 0 bridgehead atoms. The first-order valence-corrected chi connectivity index (χ1v) is 6.88. The number of hydrogen-bond acceptors (Lipinski definition) is 2. The second-order valence-electron chi connectivity index (χ2n) is 4.93. The van der Waals surface area contributed by atoms with Crippen LogP contribution in [0, 0.1) is 0 Å². The quantitative estimate of drug-likeness (QED) is 0.833. The van der Waals surface area contributed by atoms with Gasteiger partial charge in [0, 0.05) is 12.5 Å². The highest BCUT2D eigenvalue weighted by Crippen LogP contribution is 2.06. The number of amides is 1. The summed E-state index contributed by atoms with van der Waals surface area (Å²) in [5, 5.41) is 6.43. The molecule has 3 nitrogen and oxygen atoms in total. The number of carbonyl (C=O) groups excluding carboxylic acids is 1. The van der Waals surface area contributed by atoms with Gasteiger partial charge in [-0.05, 0) is 44.3 Å². The smallest absolute Gasteiger partial charge is 0.220 e. The van der Waals surface area contributed by atoms with Crippen LogP contribution in [0.1, 0.15) is 31.2 Å². The van der Waals surface area contributed by atoms with E-state index in [1.807, 2.05) is 18.2 Å². The van der Waals surface area contributed by atoms with Crippen LogP contribution in [0.5, 0.6) is 0 Å². The molecule has 0 saturated carbocycles. The van der Waals surface area contributed by atoms with E-state index in [1.54, 1.807) is 0 Å². The first kappa shape index (κ1) is 13.1. The average molecular weight is 246 g/mol. The van der Waals surface area contributed by atoms with Gasteiger partial charge in [-0.3, -0.25) is 4.79 Å². The third-order valence-corrected chi connectivity index (χ3v) is 3.42. The predicted molar refractivity (Wildman–Crippen MR) is 73.4 cm³/mol. The third kappa shape index (κ3) is 4.49. The molecule has 1 heterocycles. The minimum Gasteiger partial charge on any atom is -0.353 e. The van der Waals surface area contributed by atoms with E-state index in [2.05, 4.69) is 22.8 Å². The van der Waals surface area contributed by atoms with Crippen LogP contribution in [0.15, 0.2) is 30.3 Å². The van der Waals surface area contributed by atoms with Gasteiger partial charge in [-0.1, -0.05) is 30.3 Å². The maximum Gasteiger partial charge on any atom is 0.220 e. The van der Waals surface area contributed by atoms with Gasteiger partial charge >= 0.3 is 0 Å². The Labute approximate surface area is 109 Å². The molecule has 2 N–H and O–H groups in total. The van der Waals surface area contributed by atoms with Crippen LogP contribution < -0.4 is 10.6 Å². The molecule has 0 aromatic heterocycles. The third-order valence-electron chi connectivity index (χ3n) is 3.42. The Morgan fingerprint density at radius 3 is 2.67 bits per heavy atom. The Morgan fingerprint density at radius 1 is 1.22 bits per heavy atom. The maximum absolute atomic E-state index is 11.8. The molecule has 1 aliphatic rings. The molecule has 3 heteroatoms. The van der Waals surface area contributed by atoms with Gasteiger partial charge in [0.2, 0.25) is 5.91 Å². The number of rotatable bonds is 5. The van der Waals surface area contributed by atoms with Gasteiger partial charge in [-0.2, -0.15) is 0 Å². The van der Waals surface area contributed by atoms with Gasteiger partial charge < -0.3 is 10.6 Å². The lowest BCUT2D eigenvalue weighted by atomic mass is 10.1. The maximum atomic E-state index is 11.8. The first-order chi connectivity index (χ1) is 8.84. The Hall–Kier alpha value is -1.35. The molecule has 0 spiro atoms.